The molecule has 0 amide bonds. The highest BCUT2D eigenvalue weighted by Gasteiger charge is 2.25. The molecule has 25 heavy (non-hydrogen) atoms. The SMILES string of the molecule is CCCS(=O)(=O)N1CCN(CCNc2cc(C)nc3ncnn23)CC1. The van der Waals surface area contributed by atoms with Crippen LogP contribution in [0.25, 0.3) is 5.78 Å². The zero-order valence-electron chi connectivity index (χ0n) is 14.7. The number of fused-ring (bicyclic) bond motifs is 1. The van der Waals surface area contributed by atoms with E-state index in [1.165, 1.54) is 6.33 Å². The number of aryl methyl sites for hydroxylation is 1. The van der Waals surface area contributed by atoms with Crippen LogP contribution in [0.1, 0.15) is 19.0 Å². The maximum atomic E-state index is 12.1. The average Bonchev–Trinajstić information content (AvgIpc) is 3.03. The summed E-state index contributed by atoms with van der Waals surface area (Å²) >= 11 is 0. The molecule has 1 aliphatic rings. The first-order valence-electron chi connectivity index (χ1n) is 8.61. The van der Waals surface area contributed by atoms with E-state index < -0.39 is 10.0 Å². The lowest BCUT2D eigenvalue weighted by Gasteiger charge is -2.34. The van der Waals surface area contributed by atoms with Crippen molar-refractivity contribution >= 4 is 21.6 Å². The number of rotatable bonds is 7. The maximum Gasteiger partial charge on any atom is 0.254 e. The molecule has 0 radical (unpaired) electrons. The number of nitrogens with one attached hydrogen (secondary N) is 1. The molecular weight excluding hydrogens is 342 g/mol. The van der Waals surface area contributed by atoms with Gasteiger partial charge in [-0.1, -0.05) is 6.92 Å². The van der Waals surface area contributed by atoms with Crippen LogP contribution in [0.3, 0.4) is 0 Å². The second kappa shape index (κ2) is 7.63. The lowest BCUT2D eigenvalue weighted by atomic mass is 10.3. The lowest BCUT2D eigenvalue weighted by Crippen LogP contribution is -2.50. The molecule has 2 aromatic heterocycles. The van der Waals surface area contributed by atoms with E-state index in [1.807, 2.05) is 19.9 Å². The second-order valence-corrected chi connectivity index (χ2v) is 8.33. The van der Waals surface area contributed by atoms with Crippen LogP contribution in [0.2, 0.25) is 0 Å². The summed E-state index contributed by atoms with van der Waals surface area (Å²) in [5.41, 5.74) is 0.887. The van der Waals surface area contributed by atoms with Gasteiger partial charge in [0.2, 0.25) is 10.0 Å². The number of sulfonamides is 1. The fourth-order valence-corrected chi connectivity index (χ4v) is 4.51. The molecule has 1 saturated heterocycles. The molecule has 0 bridgehead atoms. The van der Waals surface area contributed by atoms with Crippen molar-refractivity contribution < 1.29 is 8.42 Å². The third-order valence-electron chi connectivity index (χ3n) is 4.30. The summed E-state index contributed by atoms with van der Waals surface area (Å²) in [6.45, 7) is 8.09. The highest BCUT2D eigenvalue weighted by atomic mass is 32.2. The van der Waals surface area contributed by atoms with Gasteiger partial charge >= 0.3 is 0 Å². The molecule has 0 unspecified atom stereocenters. The van der Waals surface area contributed by atoms with Crippen LogP contribution in [0, 0.1) is 6.92 Å². The molecule has 10 heteroatoms. The Morgan fingerprint density at radius 1 is 1.24 bits per heavy atom. The number of anilines is 1. The van der Waals surface area contributed by atoms with Gasteiger partial charge in [0.25, 0.3) is 5.78 Å². The van der Waals surface area contributed by atoms with Crippen LogP contribution in [-0.2, 0) is 10.0 Å². The Bertz CT molecular complexity index is 812. The molecule has 2 aromatic rings. The molecule has 9 nitrogen and oxygen atoms in total. The molecule has 1 N–H and O–H groups in total. The van der Waals surface area contributed by atoms with Crippen LogP contribution < -0.4 is 5.32 Å². The third kappa shape index (κ3) is 4.25. The van der Waals surface area contributed by atoms with Gasteiger partial charge in [0.1, 0.15) is 12.1 Å². The fraction of sp³-hybridized carbons (Fsp3) is 0.667. The molecule has 0 aromatic carbocycles. The van der Waals surface area contributed by atoms with Crippen molar-refractivity contribution in [3.8, 4) is 0 Å². The number of piperazine rings is 1. The molecule has 1 aliphatic heterocycles. The van der Waals surface area contributed by atoms with E-state index in [-0.39, 0.29) is 5.75 Å². The quantitative estimate of drug-likeness (QED) is 0.747. The fourth-order valence-electron chi connectivity index (χ4n) is 3.02. The summed E-state index contributed by atoms with van der Waals surface area (Å²) in [6.07, 6.45) is 2.15. The molecule has 3 rings (SSSR count). The van der Waals surface area contributed by atoms with Gasteiger partial charge in [-0.3, -0.25) is 4.90 Å². The van der Waals surface area contributed by atoms with E-state index in [0.717, 1.165) is 37.7 Å². The van der Waals surface area contributed by atoms with E-state index in [2.05, 4.69) is 25.3 Å². The average molecular weight is 367 g/mol. The first kappa shape index (κ1) is 18.0. The molecule has 0 spiro atoms. The van der Waals surface area contributed by atoms with Crippen molar-refractivity contribution in [2.24, 2.45) is 0 Å². The zero-order valence-corrected chi connectivity index (χ0v) is 15.5. The Labute approximate surface area is 148 Å². The molecule has 0 saturated carbocycles. The van der Waals surface area contributed by atoms with E-state index in [9.17, 15) is 8.42 Å². The van der Waals surface area contributed by atoms with Gasteiger partial charge in [-0.25, -0.2) is 13.4 Å². The van der Waals surface area contributed by atoms with Gasteiger partial charge in [-0.15, -0.1) is 0 Å². The lowest BCUT2D eigenvalue weighted by molar-refractivity contribution is 0.194. The molecule has 0 atom stereocenters. The number of nitrogens with zero attached hydrogens (tertiary/aromatic N) is 6. The Balaban J connectivity index is 1.50. The van der Waals surface area contributed by atoms with Crippen LogP contribution in [0.4, 0.5) is 5.82 Å². The summed E-state index contributed by atoms with van der Waals surface area (Å²) in [7, 11) is -3.08. The number of hydrogen-bond acceptors (Lipinski definition) is 7. The maximum absolute atomic E-state index is 12.1. The van der Waals surface area contributed by atoms with Gasteiger partial charge in [0, 0.05) is 51.0 Å². The topological polar surface area (TPSA) is 95.7 Å². The first-order chi connectivity index (χ1) is 12.0. The third-order valence-corrected chi connectivity index (χ3v) is 6.38. The Hall–Kier alpha value is -1.78. The Morgan fingerprint density at radius 2 is 2.00 bits per heavy atom. The molecule has 1 fully saturated rings. The summed E-state index contributed by atoms with van der Waals surface area (Å²) < 4.78 is 27.5. The summed E-state index contributed by atoms with van der Waals surface area (Å²) in [5, 5.41) is 7.54. The van der Waals surface area contributed by atoms with E-state index in [0.29, 0.717) is 25.3 Å². The number of hydrogen-bond donors (Lipinski definition) is 1. The van der Waals surface area contributed by atoms with Crippen molar-refractivity contribution in [3.05, 3.63) is 18.1 Å². The van der Waals surface area contributed by atoms with Gasteiger partial charge in [0.05, 0.1) is 5.75 Å². The van der Waals surface area contributed by atoms with Gasteiger partial charge in [-0.05, 0) is 13.3 Å². The largest absolute Gasteiger partial charge is 0.369 e. The molecule has 3 heterocycles. The molecule has 0 aliphatic carbocycles. The minimum absolute atomic E-state index is 0.240. The van der Waals surface area contributed by atoms with Gasteiger partial charge < -0.3 is 5.32 Å². The Kier molecular flexibility index (Phi) is 5.50. The van der Waals surface area contributed by atoms with Crippen LogP contribution >= 0.6 is 0 Å². The van der Waals surface area contributed by atoms with Crippen molar-refractivity contribution in [2.75, 3.05) is 50.3 Å². The van der Waals surface area contributed by atoms with Crippen molar-refractivity contribution in [1.82, 2.24) is 28.8 Å². The molecular formula is C15H25N7O2S. The normalized spacial score (nSPS) is 17.2. The summed E-state index contributed by atoms with van der Waals surface area (Å²) in [6, 6.07) is 1.94. The predicted octanol–water partition coefficient (Wildman–Crippen LogP) is 0.202. The van der Waals surface area contributed by atoms with E-state index >= 15 is 0 Å². The van der Waals surface area contributed by atoms with E-state index in [4.69, 9.17) is 0 Å². The summed E-state index contributed by atoms with van der Waals surface area (Å²) in [4.78, 5) is 10.7. The first-order valence-corrected chi connectivity index (χ1v) is 10.2. The van der Waals surface area contributed by atoms with Gasteiger partial charge in [-0.2, -0.15) is 18.9 Å². The van der Waals surface area contributed by atoms with Crippen molar-refractivity contribution in [3.63, 3.8) is 0 Å². The predicted molar refractivity (Wildman–Crippen MR) is 96.1 cm³/mol. The van der Waals surface area contributed by atoms with Crippen LogP contribution in [0.5, 0.6) is 0 Å². The molecule has 138 valence electrons. The van der Waals surface area contributed by atoms with Crippen molar-refractivity contribution in [1.29, 1.82) is 0 Å². The van der Waals surface area contributed by atoms with Crippen LogP contribution in [-0.4, -0.2) is 82.2 Å². The van der Waals surface area contributed by atoms with Crippen LogP contribution in [0.15, 0.2) is 12.4 Å². The zero-order chi connectivity index (χ0) is 17.9. The summed E-state index contributed by atoms with van der Waals surface area (Å²) in [5.74, 6) is 1.69. The smallest absolute Gasteiger partial charge is 0.254 e. The highest BCUT2D eigenvalue weighted by molar-refractivity contribution is 7.89. The van der Waals surface area contributed by atoms with Gasteiger partial charge in [0.15, 0.2) is 0 Å². The second-order valence-electron chi connectivity index (χ2n) is 6.24. The minimum Gasteiger partial charge on any atom is -0.369 e. The van der Waals surface area contributed by atoms with Crippen molar-refractivity contribution in [2.45, 2.75) is 20.3 Å². The Morgan fingerprint density at radius 3 is 2.72 bits per heavy atom. The monoisotopic (exact) mass is 367 g/mol. The van der Waals surface area contributed by atoms with E-state index in [1.54, 1.807) is 8.82 Å². The minimum atomic E-state index is -3.08. The highest BCUT2D eigenvalue weighted by Crippen LogP contribution is 2.11. The standard InChI is InChI=1S/C15H25N7O2S/c1-3-10-25(23,24)21-8-6-20(7-9-21)5-4-16-14-11-13(2)19-15-17-12-18-22(14)15/h11-12,16H,3-10H2,1-2H3. The number of aromatic nitrogens is 4.